The molecule has 0 bridgehead atoms. The zero-order chi connectivity index (χ0) is 12.1. The van der Waals surface area contributed by atoms with Gasteiger partial charge in [0.05, 0.1) is 7.11 Å². The molecule has 0 saturated heterocycles. The molecule has 0 fully saturated rings. The number of benzene rings is 2. The van der Waals surface area contributed by atoms with Crippen LogP contribution in [0.5, 0.6) is 5.75 Å². The molecule has 0 saturated carbocycles. The molecule has 0 atom stereocenters. The lowest BCUT2D eigenvalue weighted by molar-refractivity contribution is 0.408. The number of fused-ring (bicyclic) bond motifs is 1. The van der Waals surface area contributed by atoms with Crippen LogP contribution in [0.3, 0.4) is 0 Å². The molecule has 2 aromatic carbocycles. The van der Waals surface area contributed by atoms with Crippen molar-refractivity contribution < 1.29 is 4.74 Å². The highest BCUT2D eigenvalue weighted by atomic mass is 16.5. The molecule has 1 N–H and O–H groups in total. The van der Waals surface area contributed by atoms with Gasteiger partial charge in [-0.1, -0.05) is 37.3 Å². The van der Waals surface area contributed by atoms with E-state index in [1.807, 2.05) is 6.07 Å². The van der Waals surface area contributed by atoms with Crippen LogP contribution in [0.2, 0.25) is 0 Å². The zero-order valence-electron chi connectivity index (χ0n) is 10.5. The SMILES string of the molecule is CCCNCc1c(OC)ccc2ccccc12. The number of rotatable bonds is 5. The summed E-state index contributed by atoms with van der Waals surface area (Å²) in [5.41, 5.74) is 1.25. The predicted molar refractivity (Wildman–Crippen MR) is 72.5 cm³/mol. The molecule has 0 spiro atoms. The third-order valence-electron chi connectivity index (χ3n) is 2.95. The van der Waals surface area contributed by atoms with Crippen molar-refractivity contribution in [2.45, 2.75) is 19.9 Å². The Morgan fingerprint density at radius 3 is 2.71 bits per heavy atom. The number of methoxy groups -OCH3 is 1. The fraction of sp³-hybridized carbons (Fsp3) is 0.333. The second-order valence-electron chi connectivity index (χ2n) is 4.14. The lowest BCUT2D eigenvalue weighted by Gasteiger charge is -2.12. The van der Waals surface area contributed by atoms with Crippen molar-refractivity contribution >= 4 is 10.8 Å². The van der Waals surface area contributed by atoms with Crippen LogP contribution < -0.4 is 10.1 Å². The molecule has 17 heavy (non-hydrogen) atoms. The molecule has 0 radical (unpaired) electrons. The van der Waals surface area contributed by atoms with Crippen LogP contribution in [0.15, 0.2) is 36.4 Å². The first kappa shape index (κ1) is 11.9. The third-order valence-corrected chi connectivity index (χ3v) is 2.95. The lowest BCUT2D eigenvalue weighted by atomic mass is 10.0. The van der Waals surface area contributed by atoms with E-state index in [4.69, 9.17) is 4.74 Å². The first-order valence-corrected chi connectivity index (χ1v) is 6.12. The summed E-state index contributed by atoms with van der Waals surface area (Å²) in [5.74, 6) is 0.965. The van der Waals surface area contributed by atoms with Crippen LogP contribution in [0.25, 0.3) is 10.8 Å². The molecule has 0 heterocycles. The Balaban J connectivity index is 2.40. The summed E-state index contributed by atoms with van der Waals surface area (Å²) in [6.07, 6.45) is 1.15. The fourth-order valence-corrected chi connectivity index (χ4v) is 2.08. The van der Waals surface area contributed by atoms with E-state index in [2.05, 4.69) is 42.6 Å². The molecule has 0 unspecified atom stereocenters. The Kier molecular flexibility index (Phi) is 3.99. The molecule has 2 aromatic rings. The van der Waals surface area contributed by atoms with Crippen LogP contribution >= 0.6 is 0 Å². The van der Waals surface area contributed by atoms with Gasteiger partial charge in [-0.15, -0.1) is 0 Å². The minimum Gasteiger partial charge on any atom is -0.496 e. The molecule has 0 aliphatic heterocycles. The smallest absolute Gasteiger partial charge is 0.123 e. The van der Waals surface area contributed by atoms with Gasteiger partial charge in [-0.2, -0.15) is 0 Å². The summed E-state index contributed by atoms with van der Waals surface area (Å²) in [5, 5.41) is 5.98. The van der Waals surface area contributed by atoms with E-state index in [9.17, 15) is 0 Å². The van der Waals surface area contributed by atoms with Gasteiger partial charge in [0.1, 0.15) is 5.75 Å². The number of hydrogen-bond donors (Lipinski definition) is 1. The van der Waals surface area contributed by atoms with Gasteiger partial charge in [-0.25, -0.2) is 0 Å². The maximum atomic E-state index is 5.44. The second kappa shape index (κ2) is 5.69. The number of ether oxygens (including phenoxy) is 1. The average Bonchev–Trinajstić information content (AvgIpc) is 2.39. The average molecular weight is 229 g/mol. The Labute approximate surface area is 103 Å². The highest BCUT2D eigenvalue weighted by Gasteiger charge is 2.06. The van der Waals surface area contributed by atoms with E-state index in [1.165, 1.54) is 16.3 Å². The van der Waals surface area contributed by atoms with Crippen molar-refractivity contribution in [1.82, 2.24) is 5.32 Å². The molecule has 0 amide bonds. The maximum Gasteiger partial charge on any atom is 0.123 e. The minimum absolute atomic E-state index is 0.859. The van der Waals surface area contributed by atoms with Gasteiger partial charge < -0.3 is 10.1 Å². The van der Waals surface area contributed by atoms with E-state index >= 15 is 0 Å². The van der Waals surface area contributed by atoms with Crippen LogP contribution in [0, 0.1) is 0 Å². The molecule has 2 rings (SSSR count). The largest absolute Gasteiger partial charge is 0.496 e. The van der Waals surface area contributed by atoms with Gasteiger partial charge in [-0.05, 0) is 29.8 Å². The van der Waals surface area contributed by atoms with Crippen molar-refractivity contribution in [1.29, 1.82) is 0 Å². The van der Waals surface area contributed by atoms with Crippen LogP contribution in [0.1, 0.15) is 18.9 Å². The summed E-state index contributed by atoms with van der Waals surface area (Å²) in [6.45, 7) is 4.07. The fourth-order valence-electron chi connectivity index (χ4n) is 2.08. The highest BCUT2D eigenvalue weighted by molar-refractivity contribution is 5.87. The van der Waals surface area contributed by atoms with E-state index in [0.29, 0.717) is 0 Å². The van der Waals surface area contributed by atoms with E-state index < -0.39 is 0 Å². The van der Waals surface area contributed by atoms with Crippen LogP contribution in [-0.4, -0.2) is 13.7 Å². The molecular weight excluding hydrogens is 210 g/mol. The van der Waals surface area contributed by atoms with Gasteiger partial charge in [-0.3, -0.25) is 0 Å². The maximum absolute atomic E-state index is 5.44. The molecule has 0 aliphatic rings. The summed E-state index contributed by atoms with van der Waals surface area (Å²) in [7, 11) is 1.73. The second-order valence-corrected chi connectivity index (χ2v) is 4.14. The molecule has 0 aromatic heterocycles. The zero-order valence-corrected chi connectivity index (χ0v) is 10.5. The van der Waals surface area contributed by atoms with Gasteiger partial charge >= 0.3 is 0 Å². The normalized spacial score (nSPS) is 10.7. The molecule has 0 aliphatic carbocycles. The number of nitrogens with one attached hydrogen (secondary N) is 1. The minimum atomic E-state index is 0.859. The first-order valence-electron chi connectivity index (χ1n) is 6.12. The molecule has 2 heteroatoms. The van der Waals surface area contributed by atoms with Gasteiger partial charge in [0, 0.05) is 12.1 Å². The molecule has 2 nitrogen and oxygen atoms in total. The van der Waals surface area contributed by atoms with Crippen molar-refractivity contribution in [2.75, 3.05) is 13.7 Å². The topological polar surface area (TPSA) is 21.3 Å². The third kappa shape index (κ3) is 2.59. The van der Waals surface area contributed by atoms with Gasteiger partial charge in [0.15, 0.2) is 0 Å². The van der Waals surface area contributed by atoms with Crippen molar-refractivity contribution in [3.8, 4) is 5.75 Å². The monoisotopic (exact) mass is 229 g/mol. The van der Waals surface area contributed by atoms with Gasteiger partial charge in [0.25, 0.3) is 0 Å². The van der Waals surface area contributed by atoms with E-state index in [0.717, 1.165) is 25.3 Å². The summed E-state index contributed by atoms with van der Waals surface area (Å²) in [4.78, 5) is 0. The van der Waals surface area contributed by atoms with Crippen LogP contribution in [0.4, 0.5) is 0 Å². The Morgan fingerprint density at radius 2 is 1.94 bits per heavy atom. The summed E-state index contributed by atoms with van der Waals surface area (Å²) >= 11 is 0. The molecule has 90 valence electrons. The quantitative estimate of drug-likeness (QED) is 0.794. The lowest BCUT2D eigenvalue weighted by Crippen LogP contribution is -2.14. The molecular formula is C15H19NO. The Morgan fingerprint density at radius 1 is 1.12 bits per heavy atom. The summed E-state index contributed by atoms with van der Waals surface area (Å²) < 4.78 is 5.44. The Bertz CT molecular complexity index is 493. The van der Waals surface area contributed by atoms with Crippen molar-refractivity contribution in [3.05, 3.63) is 42.0 Å². The van der Waals surface area contributed by atoms with Gasteiger partial charge in [0.2, 0.25) is 0 Å². The predicted octanol–water partition coefficient (Wildman–Crippen LogP) is 3.35. The van der Waals surface area contributed by atoms with E-state index in [-0.39, 0.29) is 0 Å². The number of hydrogen-bond acceptors (Lipinski definition) is 2. The van der Waals surface area contributed by atoms with Crippen molar-refractivity contribution in [3.63, 3.8) is 0 Å². The first-order chi connectivity index (χ1) is 8.36. The standard InChI is InChI=1S/C15H19NO/c1-3-10-16-11-14-13-7-5-4-6-12(13)8-9-15(14)17-2/h4-9,16H,3,10-11H2,1-2H3. The highest BCUT2D eigenvalue weighted by Crippen LogP contribution is 2.27. The van der Waals surface area contributed by atoms with Crippen molar-refractivity contribution in [2.24, 2.45) is 0 Å². The van der Waals surface area contributed by atoms with Crippen LogP contribution in [-0.2, 0) is 6.54 Å². The Hall–Kier alpha value is -1.54. The summed E-state index contributed by atoms with van der Waals surface area (Å²) in [6, 6.07) is 12.6. The van der Waals surface area contributed by atoms with E-state index in [1.54, 1.807) is 7.11 Å².